The van der Waals surface area contributed by atoms with E-state index in [9.17, 15) is 0 Å². The van der Waals surface area contributed by atoms with Crippen LogP contribution >= 0.6 is 0 Å². The number of aromatic nitrogens is 3. The summed E-state index contributed by atoms with van der Waals surface area (Å²) in [5.41, 5.74) is 2.61. The fraction of sp³-hybridized carbons (Fsp3) is 0.704. The van der Waals surface area contributed by atoms with Crippen molar-refractivity contribution in [2.24, 2.45) is 23.2 Å². The van der Waals surface area contributed by atoms with Gasteiger partial charge in [0.2, 0.25) is 0 Å². The number of hydrogen-bond donors (Lipinski definition) is 0. The van der Waals surface area contributed by atoms with Crippen molar-refractivity contribution >= 4 is 8.32 Å². The van der Waals surface area contributed by atoms with Crippen molar-refractivity contribution in [2.45, 2.75) is 97.4 Å². The van der Waals surface area contributed by atoms with Crippen LogP contribution in [0.4, 0.5) is 0 Å². The third-order valence-electron chi connectivity index (χ3n) is 9.25. The highest BCUT2D eigenvalue weighted by atomic mass is 28.4. The molecule has 0 radical (unpaired) electrons. The Bertz CT molecular complexity index is 857. The minimum atomic E-state index is -1.56. The summed E-state index contributed by atoms with van der Waals surface area (Å²) in [4.78, 5) is 0. The van der Waals surface area contributed by atoms with E-state index < -0.39 is 8.32 Å². The Labute approximate surface area is 196 Å². The largest absolute Gasteiger partial charge is 0.414 e. The van der Waals surface area contributed by atoms with E-state index in [1.165, 1.54) is 50.2 Å². The second kappa shape index (κ2) is 9.80. The average Bonchev–Trinajstić information content (AvgIpc) is 3.42. The van der Waals surface area contributed by atoms with E-state index in [0.717, 1.165) is 29.6 Å². The molecule has 4 nitrogen and oxygen atoms in total. The van der Waals surface area contributed by atoms with E-state index in [1.807, 2.05) is 22.9 Å². The van der Waals surface area contributed by atoms with Gasteiger partial charge in [-0.05, 0) is 85.5 Å². The Hall–Kier alpha value is -1.46. The molecule has 4 rings (SSSR count). The normalized spacial score (nSPS) is 29.1. The lowest BCUT2D eigenvalue weighted by molar-refractivity contribution is -0.0194. The topological polar surface area (TPSA) is 39.9 Å². The maximum Gasteiger partial charge on any atom is 0.192 e. The van der Waals surface area contributed by atoms with E-state index in [-0.39, 0.29) is 0 Å². The minimum absolute atomic E-state index is 0.410. The molecule has 32 heavy (non-hydrogen) atoms. The number of rotatable bonds is 9. The number of fused-ring (bicyclic) bond motifs is 1. The van der Waals surface area contributed by atoms with Crippen LogP contribution < -0.4 is 0 Å². The molecule has 1 heterocycles. The van der Waals surface area contributed by atoms with Crippen molar-refractivity contribution in [1.29, 1.82) is 0 Å². The zero-order chi connectivity index (χ0) is 22.8. The minimum Gasteiger partial charge on any atom is -0.414 e. The SMILES string of the molecule is CC[Si](CC)(CC)O[C@H]1CCC[C@]2(C)[C@@H]([C@H](C)Cc3cn(-c4ccccc4)nn3)CC[C@@H]12. The predicted octanol–water partition coefficient (Wildman–Crippen LogP) is 7.05. The first-order valence-corrected chi connectivity index (χ1v) is 15.6. The van der Waals surface area contributed by atoms with Crippen LogP contribution in [0.5, 0.6) is 0 Å². The molecule has 0 amide bonds. The summed E-state index contributed by atoms with van der Waals surface area (Å²) in [6.07, 6.45) is 10.3. The Morgan fingerprint density at radius 3 is 2.50 bits per heavy atom. The molecule has 0 aliphatic heterocycles. The number of benzene rings is 1. The quantitative estimate of drug-likeness (QED) is 0.382. The van der Waals surface area contributed by atoms with Gasteiger partial charge in [-0.2, -0.15) is 0 Å². The molecule has 2 fully saturated rings. The van der Waals surface area contributed by atoms with Crippen LogP contribution in [0, 0.1) is 23.2 Å². The van der Waals surface area contributed by atoms with Crippen molar-refractivity contribution in [3.8, 4) is 5.69 Å². The van der Waals surface area contributed by atoms with Gasteiger partial charge >= 0.3 is 0 Å². The standard InChI is InChI=1S/C27H43N3OSi/c1-6-32(7-2,8-3)31-26-15-12-18-27(5)24(16-17-25(26)27)21(4)19-22-20-30(29-28-22)23-13-10-9-11-14-23/h9-11,13-14,20-21,24-26H,6-8,12,15-19H2,1-5H3/t21-,24-,25+,26+,27-/m1/s1. The van der Waals surface area contributed by atoms with Gasteiger partial charge in [-0.3, -0.25) is 0 Å². The van der Waals surface area contributed by atoms with Crippen molar-refractivity contribution in [3.05, 3.63) is 42.2 Å². The van der Waals surface area contributed by atoms with Crippen LogP contribution in [0.2, 0.25) is 18.1 Å². The molecule has 0 N–H and O–H groups in total. The molecule has 5 heteroatoms. The molecule has 1 aromatic carbocycles. The Kier molecular flexibility index (Phi) is 7.26. The highest BCUT2D eigenvalue weighted by Crippen LogP contribution is 2.59. The molecule has 0 bridgehead atoms. The maximum absolute atomic E-state index is 7.12. The molecule has 0 saturated heterocycles. The number of nitrogens with zero attached hydrogens (tertiary/aromatic N) is 3. The van der Waals surface area contributed by atoms with Gasteiger partial charge in [0, 0.05) is 6.10 Å². The fourth-order valence-electron chi connectivity index (χ4n) is 7.13. The molecule has 0 unspecified atom stereocenters. The molecule has 176 valence electrons. The lowest BCUT2D eigenvalue weighted by atomic mass is 9.61. The molecule has 2 saturated carbocycles. The molecule has 2 aromatic rings. The third kappa shape index (κ3) is 4.48. The number of para-hydroxylation sites is 1. The lowest BCUT2D eigenvalue weighted by Gasteiger charge is -2.48. The first kappa shape index (κ1) is 23.7. The van der Waals surface area contributed by atoms with Gasteiger partial charge in [-0.15, -0.1) is 5.10 Å². The zero-order valence-corrected chi connectivity index (χ0v) is 21.9. The Morgan fingerprint density at radius 2 is 1.81 bits per heavy atom. The summed E-state index contributed by atoms with van der Waals surface area (Å²) in [5.74, 6) is 2.11. The summed E-state index contributed by atoms with van der Waals surface area (Å²) in [6.45, 7) is 12.1. The summed E-state index contributed by atoms with van der Waals surface area (Å²) in [5, 5.41) is 8.92. The smallest absolute Gasteiger partial charge is 0.192 e. The molecule has 2 aliphatic carbocycles. The highest BCUT2D eigenvalue weighted by molar-refractivity contribution is 6.73. The molecule has 1 aromatic heterocycles. The summed E-state index contributed by atoms with van der Waals surface area (Å²) < 4.78 is 9.03. The van der Waals surface area contributed by atoms with Crippen LogP contribution in [0.1, 0.15) is 72.4 Å². The van der Waals surface area contributed by atoms with Crippen LogP contribution in [-0.2, 0) is 10.8 Å². The fourth-order valence-corrected chi connectivity index (χ4v) is 10.1. The summed E-state index contributed by atoms with van der Waals surface area (Å²) in [7, 11) is -1.56. The van der Waals surface area contributed by atoms with Gasteiger partial charge in [-0.1, -0.05) is 64.5 Å². The van der Waals surface area contributed by atoms with E-state index in [0.29, 0.717) is 17.4 Å². The van der Waals surface area contributed by atoms with Gasteiger partial charge in [0.1, 0.15) is 0 Å². The summed E-state index contributed by atoms with van der Waals surface area (Å²) in [6, 6.07) is 14.1. The Morgan fingerprint density at radius 1 is 1.09 bits per heavy atom. The molecular formula is C27H43N3OSi. The second-order valence-electron chi connectivity index (χ2n) is 10.8. The van der Waals surface area contributed by atoms with Gasteiger partial charge in [0.15, 0.2) is 8.32 Å². The van der Waals surface area contributed by atoms with Gasteiger partial charge in [0.25, 0.3) is 0 Å². The molecule has 5 atom stereocenters. The maximum atomic E-state index is 7.12. The first-order valence-electron chi connectivity index (χ1n) is 13.1. The van der Waals surface area contributed by atoms with Gasteiger partial charge in [-0.25, -0.2) is 4.68 Å². The Balaban J connectivity index is 1.45. The van der Waals surface area contributed by atoms with Crippen LogP contribution in [0.15, 0.2) is 36.5 Å². The summed E-state index contributed by atoms with van der Waals surface area (Å²) >= 11 is 0. The van der Waals surface area contributed by atoms with Crippen molar-refractivity contribution in [3.63, 3.8) is 0 Å². The zero-order valence-electron chi connectivity index (χ0n) is 20.9. The van der Waals surface area contributed by atoms with Gasteiger partial charge in [0.05, 0.1) is 17.6 Å². The van der Waals surface area contributed by atoms with E-state index in [4.69, 9.17) is 4.43 Å². The van der Waals surface area contributed by atoms with Crippen LogP contribution in [0.25, 0.3) is 5.69 Å². The van der Waals surface area contributed by atoms with Gasteiger partial charge < -0.3 is 4.43 Å². The number of hydrogen-bond acceptors (Lipinski definition) is 3. The van der Waals surface area contributed by atoms with E-state index >= 15 is 0 Å². The molecule has 0 spiro atoms. The molecule has 2 aliphatic rings. The molecular weight excluding hydrogens is 410 g/mol. The van der Waals surface area contributed by atoms with E-state index in [2.05, 4.69) is 63.3 Å². The highest BCUT2D eigenvalue weighted by Gasteiger charge is 2.53. The van der Waals surface area contributed by atoms with Crippen molar-refractivity contribution < 1.29 is 4.43 Å². The van der Waals surface area contributed by atoms with Crippen molar-refractivity contribution in [2.75, 3.05) is 0 Å². The first-order chi connectivity index (χ1) is 15.4. The monoisotopic (exact) mass is 453 g/mol. The second-order valence-corrected chi connectivity index (χ2v) is 15.5. The average molecular weight is 454 g/mol. The third-order valence-corrected chi connectivity index (χ3v) is 13.9. The van der Waals surface area contributed by atoms with Crippen molar-refractivity contribution in [1.82, 2.24) is 15.0 Å². The van der Waals surface area contributed by atoms with Crippen LogP contribution in [0.3, 0.4) is 0 Å². The van der Waals surface area contributed by atoms with Crippen LogP contribution in [-0.4, -0.2) is 29.4 Å². The van der Waals surface area contributed by atoms with E-state index in [1.54, 1.807) is 0 Å². The predicted molar refractivity (Wildman–Crippen MR) is 134 cm³/mol. The lowest BCUT2D eigenvalue weighted by Crippen LogP contribution is -2.48.